The van der Waals surface area contributed by atoms with Crippen LogP contribution in [0.25, 0.3) is 0 Å². The molecule has 0 unspecified atom stereocenters. The first kappa shape index (κ1) is 16.7. The van der Waals surface area contributed by atoms with Crippen LogP contribution >= 0.6 is 0 Å². The van der Waals surface area contributed by atoms with Gasteiger partial charge in [-0.25, -0.2) is 0 Å². The van der Waals surface area contributed by atoms with Crippen molar-refractivity contribution < 1.29 is 14.3 Å². The van der Waals surface area contributed by atoms with Gasteiger partial charge in [0.05, 0.1) is 5.41 Å². The molecule has 3 fully saturated rings. The topological polar surface area (TPSA) is 49.9 Å². The number of rotatable bonds is 4. The SMILES string of the molecule is COCC(=O)N1CC[C@@]2(CCCN(CC3CCCCC3)C2=O)C1. The number of amides is 2. The summed E-state index contributed by atoms with van der Waals surface area (Å²) in [6, 6.07) is 0. The Balaban J connectivity index is 1.61. The van der Waals surface area contributed by atoms with Crippen LogP contribution < -0.4 is 0 Å². The molecule has 2 saturated heterocycles. The Kier molecular flexibility index (Phi) is 5.24. The van der Waals surface area contributed by atoms with E-state index < -0.39 is 0 Å². The third-order valence-corrected chi connectivity index (χ3v) is 6.00. The van der Waals surface area contributed by atoms with Gasteiger partial charge in [0.1, 0.15) is 6.61 Å². The molecule has 5 heteroatoms. The first-order chi connectivity index (χ1) is 11.1. The number of hydrogen-bond donors (Lipinski definition) is 0. The highest BCUT2D eigenvalue weighted by Gasteiger charge is 2.49. The molecule has 3 aliphatic rings. The van der Waals surface area contributed by atoms with Crippen LogP contribution in [0.5, 0.6) is 0 Å². The molecule has 130 valence electrons. The smallest absolute Gasteiger partial charge is 0.248 e. The van der Waals surface area contributed by atoms with E-state index in [1.807, 2.05) is 4.90 Å². The molecule has 2 heterocycles. The lowest BCUT2D eigenvalue weighted by Gasteiger charge is -2.41. The average Bonchev–Trinajstić information content (AvgIpc) is 2.99. The number of carbonyl (C=O) groups is 2. The van der Waals surface area contributed by atoms with Gasteiger partial charge in [-0.1, -0.05) is 19.3 Å². The monoisotopic (exact) mass is 322 g/mol. The highest BCUT2D eigenvalue weighted by atomic mass is 16.5. The summed E-state index contributed by atoms with van der Waals surface area (Å²) >= 11 is 0. The largest absolute Gasteiger partial charge is 0.375 e. The number of hydrogen-bond acceptors (Lipinski definition) is 3. The van der Waals surface area contributed by atoms with E-state index in [4.69, 9.17) is 4.74 Å². The van der Waals surface area contributed by atoms with E-state index in [0.29, 0.717) is 24.9 Å². The standard InChI is InChI=1S/C18H30N2O3/c1-23-13-16(21)20-11-9-18(14-20)8-5-10-19(17(18)22)12-15-6-3-2-4-7-15/h15H,2-14H2,1H3/t18-/m0/s1. The zero-order valence-electron chi connectivity index (χ0n) is 14.4. The molecule has 3 rings (SSSR count). The number of nitrogens with zero attached hydrogens (tertiary/aromatic N) is 2. The lowest BCUT2D eigenvalue weighted by atomic mass is 9.77. The summed E-state index contributed by atoms with van der Waals surface area (Å²) in [6.07, 6.45) is 9.36. The Morgan fingerprint density at radius 3 is 2.70 bits per heavy atom. The van der Waals surface area contributed by atoms with Crippen LogP contribution in [0, 0.1) is 11.3 Å². The van der Waals surface area contributed by atoms with Gasteiger partial charge in [0, 0.05) is 33.3 Å². The molecule has 1 aliphatic carbocycles. The van der Waals surface area contributed by atoms with E-state index >= 15 is 0 Å². The second-order valence-electron chi connectivity index (χ2n) is 7.64. The molecule has 0 aromatic rings. The Hall–Kier alpha value is -1.10. The first-order valence-electron chi connectivity index (χ1n) is 9.21. The van der Waals surface area contributed by atoms with Crippen molar-refractivity contribution in [2.45, 2.75) is 51.4 Å². The lowest BCUT2D eigenvalue weighted by Crippen LogP contribution is -2.51. The maximum atomic E-state index is 13.1. The Bertz CT molecular complexity index is 448. The molecule has 0 N–H and O–H groups in total. The molecule has 0 aromatic heterocycles. The predicted molar refractivity (Wildman–Crippen MR) is 87.9 cm³/mol. The average molecular weight is 322 g/mol. The molecular weight excluding hydrogens is 292 g/mol. The summed E-state index contributed by atoms with van der Waals surface area (Å²) in [5.41, 5.74) is -0.309. The van der Waals surface area contributed by atoms with Crippen molar-refractivity contribution in [1.29, 1.82) is 0 Å². The number of likely N-dealkylation sites (tertiary alicyclic amines) is 2. The van der Waals surface area contributed by atoms with E-state index in [1.165, 1.54) is 32.1 Å². The van der Waals surface area contributed by atoms with Gasteiger partial charge in [0.15, 0.2) is 0 Å². The van der Waals surface area contributed by atoms with Gasteiger partial charge in [0.25, 0.3) is 0 Å². The van der Waals surface area contributed by atoms with Crippen LogP contribution in [0.15, 0.2) is 0 Å². The second kappa shape index (κ2) is 7.20. The quantitative estimate of drug-likeness (QED) is 0.796. The molecular formula is C18H30N2O3. The van der Waals surface area contributed by atoms with Crippen molar-refractivity contribution in [3.8, 4) is 0 Å². The molecule has 0 aromatic carbocycles. The van der Waals surface area contributed by atoms with Gasteiger partial charge >= 0.3 is 0 Å². The van der Waals surface area contributed by atoms with Gasteiger partial charge < -0.3 is 14.5 Å². The summed E-state index contributed by atoms with van der Waals surface area (Å²) in [6.45, 7) is 3.26. The van der Waals surface area contributed by atoms with Crippen molar-refractivity contribution in [1.82, 2.24) is 9.80 Å². The van der Waals surface area contributed by atoms with Gasteiger partial charge in [-0.2, -0.15) is 0 Å². The van der Waals surface area contributed by atoms with Crippen LogP contribution in [0.4, 0.5) is 0 Å². The molecule has 0 bridgehead atoms. The first-order valence-corrected chi connectivity index (χ1v) is 9.21. The van der Waals surface area contributed by atoms with E-state index in [-0.39, 0.29) is 17.9 Å². The van der Waals surface area contributed by atoms with E-state index in [0.717, 1.165) is 32.4 Å². The fraction of sp³-hybridized carbons (Fsp3) is 0.889. The Morgan fingerprint density at radius 2 is 1.96 bits per heavy atom. The molecule has 1 saturated carbocycles. The van der Waals surface area contributed by atoms with Crippen molar-refractivity contribution in [2.24, 2.45) is 11.3 Å². The maximum Gasteiger partial charge on any atom is 0.248 e. The highest BCUT2D eigenvalue weighted by molar-refractivity contribution is 5.86. The summed E-state index contributed by atoms with van der Waals surface area (Å²) in [5.74, 6) is 1.01. The lowest BCUT2D eigenvalue weighted by molar-refractivity contribution is -0.147. The molecule has 23 heavy (non-hydrogen) atoms. The minimum absolute atomic E-state index is 0.0154. The highest BCUT2D eigenvalue weighted by Crippen LogP contribution is 2.40. The van der Waals surface area contributed by atoms with Gasteiger partial charge in [-0.05, 0) is 38.0 Å². The third kappa shape index (κ3) is 3.54. The van der Waals surface area contributed by atoms with Crippen LogP contribution in [-0.2, 0) is 14.3 Å². The predicted octanol–water partition coefficient (Wildman–Crippen LogP) is 2.05. The Labute approximate surface area is 139 Å². The fourth-order valence-electron chi connectivity index (χ4n) is 4.69. The van der Waals surface area contributed by atoms with Crippen molar-refractivity contribution >= 4 is 11.8 Å². The Morgan fingerprint density at radius 1 is 1.17 bits per heavy atom. The molecule has 2 aliphatic heterocycles. The summed E-state index contributed by atoms with van der Waals surface area (Å²) < 4.78 is 4.95. The summed E-state index contributed by atoms with van der Waals surface area (Å²) in [5, 5.41) is 0. The zero-order valence-corrected chi connectivity index (χ0v) is 14.4. The van der Waals surface area contributed by atoms with E-state index in [1.54, 1.807) is 7.11 Å². The summed E-state index contributed by atoms with van der Waals surface area (Å²) in [4.78, 5) is 29.1. The van der Waals surface area contributed by atoms with Crippen molar-refractivity contribution in [3.63, 3.8) is 0 Å². The normalized spacial score (nSPS) is 29.5. The number of carbonyl (C=O) groups excluding carboxylic acids is 2. The molecule has 2 amide bonds. The van der Waals surface area contributed by atoms with Gasteiger partial charge in [0.2, 0.25) is 11.8 Å². The molecule has 1 spiro atoms. The van der Waals surface area contributed by atoms with Crippen LogP contribution in [0.1, 0.15) is 51.4 Å². The molecule has 1 atom stereocenters. The fourth-order valence-corrected chi connectivity index (χ4v) is 4.69. The minimum Gasteiger partial charge on any atom is -0.375 e. The number of methoxy groups -OCH3 is 1. The number of ether oxygens (including phenoxy) is 1. The van der Waals surface area contributed by atoms with E-state index in [9.17, 15) is 9.59 Å². The third-order valence-electron chi connectivity index (χ3n) is 6.00. The number of piperidine rings is 1. The van der Waals surface area contributed by atoms with Crippen molar-refractivity contribution in [3.05, 3.63) is 0 Å². The minimum atomic E-state index is -0.309. The van der Waals surface area contributed by atoms with Gasteiger partial charge in [-0.15, -0.1) is 0 Å². The van der Waals surface area contributed by atoms with Gasteiger partial charge in [-0.3, -0.25) is 9.59 Å². The second-order valence-corrected chi connectivity index (χ2v) is 7.64. The van der Waals surface area contributed by atoms with Crippen LogP contribution in [0.2, 0.25) is 0 Å². The van der Waals surface area contributed by atoms with Crippen LogP contribution in [-0.4, -0.2) is 61.5 Å². The van der Waals surface area contributed by atoms with Crippen LogP contribution in [0.3, 0.4) is 0 Å². The zero-order chi connectivity index (χ0) is 16.3. The molecule has 5 nitrogen and oxygen atoms in total. The maximum absolute atomic E-state index is 13.1. The summed E-state index contributed by atoms with van der Waals surface area (Å²) in [7, 11) is 1.54. The van der Waals surface area contributed by atoms with E-state index in [2.05, 4.69) is 4.90 Å². The van der Waals surface area contributed by atoms with Crippen molar-refractivity contribution in [2.75, 3.05) is 39.9 Å². The molecule has 0 radical (unpaired) electrons.